The first-order chi connectivity index (χ1) is 12.6. The number of ether oxygens (including phenoxy) is 1. The molecule has 1 N–H and O–H groups in total. The molecular formula is C22H19NO3. The number of aromatic carboxylic acids is 1. The van der Waals surface area contributed by atoms with Crippen molar-refractivity contribution < 1.29 is 14.6 Å². The Morgan fingerprint density at radius 3 is 2.46 bits per heavy atom. The van der Waals surface area contributed by atoms with Gasteiger partial charge in [0, 0.05) is 22.8 Å². The van der Waals surface area contributed by atoms with Crippen LogP contribution in [0.25, 0.3) is 21.8 Å². The molecule has 26 heavy (non-hydrogen) atoms. The SMILES string of the molecule is COc1c(C)cc(C(=O)O)c2c3ccccc3n(Cc3ccccc3)c12. The van der Waals surface area contributed by atoms with E-state index in [1.165, 1.54) is 0 Å². The van der Waals surface area contributed by atoms with E-state index in [9.17, 15) is 9.90 Å². The molecule has 0 saturated heterocycles. The zero-order chi connectivity index (χ0) is 18.3. The van der Waals surface area contributed by atoms with Gasteiger partial charge in [0.1, 0.15) is 5.75 Å². The van der Waals surface area contributed by atoms with Crippen LogP contribution in [0.2, 0.25) is 0 Å². The molecule has 130 valence electrons. The molecule has 0 radical (unpaired) electrons. The van der Waals surface area contributed by atoms with Gasteiger partial charge in [-0.3, -0.25) is 0 Å². The number of rotatable bonds is 4. The monoisotopic (exact) mass is 345 g/mol. The standard InChI is InChI=1S/C22H19NO3/c1-14-12-17(22(24)25)19-16-10-6-7-11-18(16)23(20(19)21(14)26-2)13-15-8-4-3-5-9-15/h3-12H,13H2,1-2H3,(H,24,25). The Hall–Kier alpha value is -3.27. The maximum absolute atomic E-state index is 11.9. The lowest BCUT2D eigenvalue weighted by atomic mass is 10.0. The van der Waals surface area contributed by atoms with Crippen molar-refractivity contribution in [2.75, 3.05) is 7.11 Å². The minimum Gasteiger partial charge on any atom is -0.494 e. The number of nitrogens with zero attached hydrogens (tertiary/aromatic N) is 1. The third kappa shape index (κ3) is 2.42. The zero-order valence-electron chi connectivity index (χ0n) is 14.7. The number of carboxylic acid groups (broad SMARTS) is 1. The van der Waals surface area contributed by atoms with Crippen molar-refractivity contribution in [1.29, 1.82) is 0 Å². The molecule has 4 heteroatoms. The Morgan fingerprint density at radius 1 is 1.08 bits per heavy atom. The number of aromatic nitrogens is 1. The quantitative estimate of drug-likeness (QED) is 0.575. The van der Waals surface area contributed by atoms with Crippen LogP contribution in [-0.2, 0) is 6.54 Å². The van der Waals surface area contributed by atoms with Crippen molar-refractivity contribution in [3.05, 3.63) is 77.4 Å². The van der Waals surface area contributed by atoms with Crippen molar-refractivity contribution in [3.8, 4) is 5.75 Å². The largest absolute Gasteiger partial charge is 0.494 e. The Kier molecular flexibility index (Phi) is 3.88. The lowest BCUT2D eigenvalue weighted by Crippen LogP contribution is -2.04. The molecule has 0 bridgehead atoms. The Balaban J connectivity index is 2.16. The highest BCUT2D eigenvalue weighted by molar-refractivity contribution is 6.18. The van der Waals surface area contributed by atoms with E-state index in [1.54, 1.807) is 13.2 Å². The molecule has 0 atom stereocenters. The summed E-state index contributed by atoms with van der Waals surface area (Å²) in [4.78, 5) is 11.9. The normalized spacial score (nSPS) is 11.2. The number of benzene rings is 3. The van der Waals surface area contributed by atoms with Crippen LogP contribution in [0, 0.1) is 6.92 Å². The van der Waals surface area contributed by atoms with E-state index in [2.05, 4.69) is 16.7 Å². The van der Waals surface area contributed by atoms with Gasteiger partial charge in [-0.1, -0.05) is 48.5 Å². The molecular weight excluding hydrogens is 326 g/mol. The first kappa shape index (κ1) is 16.2. The minimum atomic E-state index is -0.927. The smallest absolute Gasteiger partial charge is 0.336 e. The van der Waals surface area contributed by atoms with Crippen LogP contribution in [0.5, 0.6) is 5.75 Å². The number of hydrogen-bond acceptors (Lipinski definition) is 2. The van der Waals surface area contributed by atoms with Gasteiger partial charge in [-0.05, 0) is 30.2 Å². The Morgan fingerprint density at radius 2 is 1.77 bits per heavy atom. The molecule has 3 aromatic carbocycles. The number of carbonyl (C=O) groups is 1. The summed E-state index contributed by atoms with van der Waals surface area (Å²) < 4.78 is 7.84. The lowest BCUT2D eigenvalue weighted by Gasteiger charge is -2.13. The summed E-state index contributed by atoms with van der Waals surface area (Å²) in [6.07, 6.45) is 0. The second-order valence-electron chi connectivity index (χ2n) is 6.39. The van der Waals surface area contributed by atoms with E-state index >= 15 is 0 Å². The molecule has 4 aromatic rings. The third-order valence-corrected chi connectivity index (χ3v) is 4.79. The molecule has 0 spiro atoms. The van der Waals surface area contributed by atoms with Gasteiger partial charge in [-0.25, -0.2) is 4.79 Å². The van der Waals surface area contributed by atoms with Gasteiger partial charge in [0.25, 0.3) is 0 Å². The molecule has 0 unspecified atom stereocenters. The summed E-state index contributed by atoms with van der Waals surface area (Å²) in [5.74, 6) is -0.208. The molecule has 1 heterocycles. The summed E-state index contributed by atoms with van der Waals surface area (Å²) in [5, 5.41) is 11.4. The molecule has 0 amide bonds. The van der Waals surface area contributed by atoms with E-state index in [0.29, 0.717) is 12.1 Å². The predicted octanol–water partition coefficient (Wildman–Crippen LogP) is 4.86. The summed E-state index contributed by atoms with van der Waals surface area (Å²) in [7, 11) is 1.63. The van der Waals surface area contributed by atoms with Gasteiger partial charge in [0.15, 0.2) is 0 Å². The highest BCUT2D eigenvalue weighted by Crippen LogP contribution is 2.39. The summed E-state index contributed by atoms with van der Waals surface area (Å²) in [6.45, 7) is 2.53. The fourth-order valence-corrected chi connectivity index (χ4v) is 3.71. The van der Waals surface area contributed by atoms with Gasteiger partial charge in [0.2, 0.25) is 0 Å². The third-order valence-electron chi connectivity index (χ3n) is 4.79. The van der Waals surface area contributed by atoms with E-state index in [-0.39, 0.29) is 0 Å². The van der Waals surface area contributed by atoms with Crippen LogP contribution < -0.4 is 4.74 Å². The van der Waals surface area contributed by atoms with Gasteiger partial charge in [-0.2, -0.15) is 0 Å². The highest BCUT2D eigenvalue weighted by Gasteiger charge is 2.22. The Bertz CT molecular complexity index is 1130. The minimum absolute atomic E-state index is 0.307. The van der Waals surface area contributed by atoms with Gasteiger partial charge in [-0.15, -0.1) is 0 Å². The Labute approximate surface area is 151 Å². The van der Waals surface area contributed by atoms with Gasteiger partial charge < -0.3 is 14.4 Å². The number of methoxy groups -OCH3 is 1. The topological polar surface area (TPSA) is 51.5 Å². The van der Waals surface area contributed by atoms with Crippen molar-refractivity contribution in [2.24, 2.45) is 0 Å². The maximum atomic E-state index is 11.9. The molecule has 1 aromatic heterocycles. The fraction of sp³-hybridized carbons (Fsp3) is 0.136. The van der Waals surface area contributed by atoms with Gasteiger partial charge in [0.05, 0.1) is 18.2 Å². The van der Waals surface area contributed by atoms with Gasteiger partial charge >= 0.3 is 5.97 Å². The molecule has 0 aliphatic heterocycles. The predicted molar refractivity (Wildman–Crippen MR) is 103 cm³/mol. The van der Waals surface area contributed by atoms with Crippen LogP contribution in [-0.4, -0.2) is 22.8 Å². The molecule has 4 nitrogen and oxygen atoms in total. The number of hydrogen-bond donors (Lipinski definition) is 1. The van der Waals surface area contributed by atoms with E-state index < -0.39 is 5.97 Å². The van der Waals surface area contributed by atoms with Crippen LogP contribution in [0.15, 0.2) is 60.7 Å². The zero-order valence-corrected chi connectivity index (χ0v) is 14.7. The number of carboxylic acids is 1. The second-order valence-corrected chi connectivity index (χ2v) is 6.39. The first-order valence-electron chi connectivity index (χ1n) is 8.47. The molecule has 0 fully saturated rings. The van der Waals surface area contributed by atoms with Crippen LogP contribution in [0.1, 0.15) is 21.5 Å². The number of fused-ring (bicyclic) bond motifs is 3. The van der Waals surface area contributed by atoms with Crippen molar-refractivity contribution in [1.82, 2.24) is 4.57 Å². The van der Waals surface area contributed by atoms with Crippen molar-refractivity contribution >= 4 is 27.8 Å². The second kappa shape index (κ2) is 6.23. The van der Waals surface area contributed by atoms with Crippen LogP contribution >= 0.6 is 0 Å². The average Bonchev–Trinajstić information content (AvgIpc) is 2.96. The van der Waals surface area contributed by atoms with Crippen LogP contribution in [0.4, 0.5) is 0 Å². The summed E-state index contributed by atoms with van der Waals surface area (Å²) in [5.41, 5.74) is 4.10. The average molecular weight is 345 g/mol. The van der Waals surface area contributed by atoms with Crippen LogP contribution in [0.3, 0.4) is 0 Å². The molecule has 0 aliphatic carbocycles. The summed E-state index contributed by atoms with van der Waals surface area (Å²) in [6, 6.07) is 19.8. The summed E-state index contributed by atoms with van der Waals surface area (Å²) >= 11 is 0. The highest BCUT2D eigenvalue weighted by atomic mass is 16.5. The molecule has 0 aliphatic rings. The van der Waals surface area contributed by atoms with E-state index in [4.69, 9.17) is 4.74 Å². The van der Waals surface area contributed by atoms with E-state index in [0.717, 1.165) is 38.7 Å². The first-order valence-corrected chi connectivity index (χ1v) is 8.47. The van der Waals surface area contributed by atoms with Crippen molar-refractivity contribution in [3.63, 3.8) is 0 Å². The van der Waals surface area contributed by atoms with E-state index in [1.807, 2.05) is 49.4 Å². The maximum Gasteiger partial charge on any atom is 0.336 e. The lowest BCUT2D eigenvalue weighted by molar-refractivity contribution is 0.0699. The fourth-order valence-electron chi connectivity index (χ4n) is 3.71. The van der Waals surface area contributed by atoms with Crippen molar-refractivity contribution in [2.45, 2.75) is 13.5 Å². The molecule has 0 saturated carbocycles. The number of aryl methyl sites for hydroxylation is 1. The molecule has 4 rings (SSSR count). The number of para-hydroxylation sites is 1.